The Morgan fingerprint density at radius 1 is 1.53 bits per heavy atom. The molecule has 0 aromatic carbocycles. The summed E-state index contributed by atoms with van der Waals surface area (Å²) >= 11 is -1.86. The number of aromatic nitrogens is 1. The summed E-state index contributed by atoms with van der Waals surface area (Å²) in [5.74, 6) is 0.781. The van der Waals surface area contributed by atoms with Crippen molar-refractivity contribution in [2.75, 3.05) is 7.11 Å². The van der Waals surface area contributed by atoms with Gasteiger partial charge in [-0.2, -0.15) is 0 Å². The molecule has 1 heterocycles. The van der Waals surface area contributed by atoms with Gasteiger partial charge in [0.1, 0.15) is 5.75 Å². The first kappa shape index (κ1) is 15.1. The normalized spacial score (nSPS) is 11.7. The van der Waals surface area contributed by atoms with Crippen LogP contribution < -0.4 is 4.74 Å². The fourth-order valence-electron chi connectivity index (χ4n) is 1.33. The van der Waals surface area contributed by atoms with Crippen molar-refractivity contribution in [1.29, 1.82) is 0 Å². The average molecular weight is 239 g/mol. The Kier molecular flexibility index (Phi) is 6.63. The molecule has 6 heteroatoms. The zero-order valence-electron chi connectivity index (χ0n) is 8.40. The second-order valence-electron chi connectivity index (χ2n) is 3.01. The molecule has 0 bridgehead atoms. The van der Waals surface area contributed by atoms with Gasteiger partial charge in [0.2, 0.25) is 0 Å². The van der Waals surface area contributed by atoms with Gasteiger partial charge in [-0.15, -0.1) is 0 Å². The Morgan fingerprint density at radius 2 is 2.13 bits per heavy atom. The van der Waals surface area contributed by atoms with Crippen LogP contribution in [0.5, 0.6) is 5.75 Å². The van der Waals surface area contributed by atoms with Crippen molar-refractivity contribution in [3.8, 4) is 5.75 Å². The molecular formula is C9H14NNaO3S. The molecule has 0 amide bonds. The Hall–Kier alpha value is 0.0600. The molecule has 1 atom stereocenters. The van der Waals surface area contributed by atoms with Crippen LogP contribution in [0.15, 0.2) is 6.20 Å². The van der Waals surface area contributed by atoms with E-state index in [0.29, 0.717) is 5.69 Å². The maximum absolute atomic E-state index is 10.6. The summed E-state index contributed by atoms with van der Waals surface area (Å²) in [5, 5.41) is 0. The number of hydrogen-bond donors (Lipinski definition) is 1. The van der Waals surface area contributed by atoms with Gasteiger partial charge < -0.3 is 9.29 Å². The van der Waals surface area contributed by atoms with Crippen LogP contribution in [0.4, 0.5) is 0 Å². The van der Waals surface area contributed by atoms with Crippen LogP contribution in [-0.2, 0) is 16.8 Å². The minimum absolute atomic E-state index is 0. The van der Waals surface area contributed by atoms with Crippen molar-refractivity contribution in [3.63, 3.8) is 0 Å². The molecule has 15 heavy (non-hydrogen) atoms. The van der Waals surface area contributed by atoms with Crippen molar-refractivity contribution in [2.24, 2.45) is 0 Å². The first-order chi connectivity index (χ1) is 6.56. The van der Waals surface area contributed by atoms with E-state index in [2.05, 4.69) is 4.98 Å². The van der Waals surface area contributed by atoms with Gasteiger partial charge in [0.05, 0.1) is 18.6 Å². The fourth-order valence-corrected chi connectivity index (χ4v) is 1.86. The molecule has 1 rings (SSSR count). The van der Waals surface area contributed by atoms with E-state index in [1.165, 1.54) is 0 Å². The van der Waals surface area contributed by atoms with Crippen LogP contribution in [0, 0.1) is 13.8 Å². The van der Waals surface area contributed by atoms with Gasteiger partial charge in [-0.05, 0) is 13.8 Å². The van der Waals surface area contributed by atoms with Crippen molar-refractivity contribution in [2.45, 2.75) is 19.6 Å². The topological polar surface area (TPSA) is 59.4 Å². The summed E-state index contributed by atoms with van der Waals surface area (Å²) < 4.78 is 24.6. The van der Waals surface area contributed by atoms with E-state index in [1.54, 1.807) is 13.3 Å². The van der Waals surface area contributed by atoms with Crippen LogP contribution in [0.1, 0.15) is 16.8 Å². The van der Waals surface area contributed by atoms with Crippen LogP contribution in [0.3, 0.4) is 0 Å². The molecule has 80 valence electrons. The molecule has 0 spiro atoms. The predicted octanol–water partition coefficient (Wildman–Crippen LogP) is 0.780. The molecule has 0 aliphatic carbocycles. The summed E-state index contributed by atoms with van der Waals surface area (Å²) in [7, 11) is 1.58. The number of aryl methyl sites for hydroxylation is 1. The minimum atomic E-state index is -1.86. The summed E-state index contributed by atoms with van der Waals surface area (Å²) in [6, 6.07) is 0. The van der Waals surface area contributed by atoms with E-state index < -0.39 is 11.1 Å². The van der Waals surface area contributed by atoms with E-state index in [0.717, 1.165) is 16.9 Å². The maximum atomic E-state index is 10.6. The van der Waals surface area contributed by atoms with E-state index in [-0.39, 0.29) is 35.3 Å². The van der Waals surface area contributed by atoms with Gasteiger partial charge in [-0.1, -0.05) is 0 Å². The molecule has 0 radical (unpaired) electrons. The van der Waals surface area contributed by atoms with Crippen molar-refractivity contribution in [3.05, 3.63) is 23.0 Å². The molecule has 0 aliphatic heterocycles. The Labute approximate surface area is 114 Å². The SMILES string of the molecule is COc1c(C)cnc(CS(=O)O)c1C.[NaH]. The van der Waals surface area contributed by atoms with Crippen molar-refractivity contribution >= 4 is 40.6 Å². The Balaban J connectivity index is 0.00000196. The van der Waals surface area contributed by atoms with Gasteiger partial charge >= 0.3 is 29.6 Å². The number of methoxy groups -OCH3 is 1. The standard InChI is InChI=1S/C9H13NO3S.Na.H/c1-6-4-10-8(5-14(11)12)7(2)9(6)13-3;;/h4H,5H2,1-3H3,(H,11,12);;. The molecule has 0 fully saturated rings. The van der Waals surface area contributed by atoms with Crippen molar-refractivity contribution < 1.29 is 13.5 Å². The fraction of sp³-hybridized carbons (Fsp3) is 0.444. The van der Waals surface area contributed by atoms with Gasteiger partial charge in [-0.3, -0.25) is 4.98 Å². The zero-order valence-corrected chi connectivity index (χ0v) is 9.22. The van der Waals surface area contributed by atoms with E-state index in [1.807, 2.05) is 13.8 Å². The average Bonchev–Trinajstić information content (AvgIpc) is 2.10. The monoisotopic (exact) mass is 239 g/mol. The van der Waals surface area contributed by atoms with Crippen LogP contribution in [0.2, 0.25) is 0 Å². The Bertz CT molecular complexity index is 371. The summed E-state index contributed by atoms with van der Waals surface area (Å²) in [4.78, 5) is 4.09. The number of nitrogens with zero attached hydrogens (tertiary/aromatic N) is 1. The van der Waals surface area contributed by atoms with Gasteiger partial charge in [0.25, 0.3) is 0 Å². The molecule has 4 nitrogen and oxygen atoms in total. The summed E-state index contributed by atoms with van der Waals surface area (Å²) in [6.45, 7) is 3.72. The second kappa shape index (κ2) is 6.60. The Morgan fingerprint density at radius 3 is 2.60 bits per heavy atom. The molecule has 0 saturated heterocycles. The number of rotatable bonds is 3. The third-order valence-corrected chi connectivity index (χ3v) is 2.53. The predicted molar refractivity (Wildman–Crippen MR) is 61.9 cm³/mol. The number of pyridine rings is 1. The molecule has 1 aromatic heterocycles. The van der Waals surface area contributed by atoms with Gasteiger partial charge in [0.15, 0.2) is 11.1 Å². The van der Waals surface area contributed by atoms with Crippen LogP contribution in [0.25, 0.3) is 0 Å². The molecule has 0 aliphatic rings. The quantitative estimate of drug-likeness (QED) is 0.625. The molecule has 1 unspecified atom stereocenters. The third-order valence-electron chi connectivity index (χ3n) is 2.01. The summed E-state index contributed by atoms with van der Waals surface area (Å²) in [5.41, 5.74) is 2.36. The summed E-state index contributed by atoms with van der Waals surface area (Å²) in [6.07, 6.45) is 1.65. The number of hydrogen-bond acceptors (Lipinski definition) is 3. The van der Waals surface area contributed by atoms with E-state index in [4.69, 9.17) is 9.29 Å². The van der Waals surface area contributed by atoms with Gasteiger partial charge in [-0.25, -0.2) is 4.21 Å². The van der Waals surface area contributed by atoms with Gasteiger partial charge in [0, 0.05) is 17.3 Å². The second-order valence-corrected chi connectivity index (χ2v) is 3.94. The third kappa shape index (κ3) is 3.85. The molecule has 0 saturated carbocycles. The molecular weight excluding hydrogens is 225 g/mol. The first-order valence-electron chi connectivity index (χ1n) is 4.12. The number of ether oxygens (including phenoxy) is 1. The van der Waals surface area contributed by atoms with Crippen LogP contribution >= 0.6 is 0 Å². The molecule has 1 aromatic rings. The zero-order chi connectivity index (χ0) is 10.7. The van der Waals surface area contributed by atoms with Crippen LogP contribution in [-0.4, -0.2) is 50.4 Å². The van der Waals surface area contributed by atoms with Crippen molar-refractivity contribution in [1.82, 2.24) is 4.98 Å². The molecule has 1 N–H and O–H groups in total. The first-order valence-corrected chi connectivity index (χ1v) is 5.40. The van der Waals surface area contributed by atoms with E-state index in [9.17, 15) is 4.21 Å². The van der Waals surface area contributed by atoms with E-state index >= 15 is 0 Å².